The van der Waals surface area contributed by atoms with Crippen LogP contribution < -0.4 is 5.32 Å². The van der Waals surface area contributed by atoms with Crippen LogP contribution in [0.4, 0.5) is 5.82 Å². The number of piperidine rings is 1. The van der Waals surface area contributed by atoms with Crippen LogP contribution in [-0.4, -0.2) is 39.8 Å². The van der Waals surface area contributed by atoms with Crippen molar-refractivity contribution in [3.63, 3.8) is 0 Å². The standard InChI is InChI=1S/C19H18BrN5O2/c1-12-13(9-21)4-6-16(23-12)19(27)25-8-2-3-14(11-25)18(26)24-17-7-5-15(20)10-22-17/h4-7,10,14H,2-3,8,11H2,1H3,(H,22,24,26). The molecule has 1 atom stereocenters. The maximum absolute atomic E-state index is 12.7. The normalized spacial score (nSPS) is 16.5. The Morgan fingerprint density at radius 3 is 2.81 bits per heavy atom. The molecule has 2 aromatic rings. The molecule has 138 valence electrons. The molecule has 1 N–H and O–H groups in total. The van der Waals surface area contributed by atoms with Gasteiger partial charge in [-0.3, -0.25) is 9.59 Å². The largest absolute Gasteiger partial charge is 0.337 e. The maximum Gasteiger partial charge on any atom is 0.272 e. The Kier molecular flexibility index (Phi) is 5.81. The Labute approximate surface area is 165 Å². The third-order valence-corrected chi connectivity index (χ3v) is 4.95. The number of carbonyl (C=O) groups is 2. The molecule has 0 radical (unpaired) electrons. The molecule has 2 aromatic heterocycles. The molecule has 3 rings (SSSR count). The molecule has 0 bridgehead atoms. The lowest BCUT2D eigenvalue weighted by Gasteiger charge is -2.31. The molecular weight excluding hydrogens is 410 g/mol. The van der Waals surface area contributed by atoms with Gasteiger partial charge in [0.15, 0.2) is 0 Å². The monoisotopic (exact) mass is 427 g/mol. The first kappa shape index (κ1) is 19.0. The van der Waals surface area contributed by atoms with Gasteiger partial charge in [-0.1, -0.05) is 0 Å². The summed E-state index contributed by atoms with van der Waals surface area (Å²) in [5.41, 5.74) is 1.27. The lowest BCUT2D eigenvalue weighted by atomic mass is 9.96. The molecule has 8 heteroatoms. The van der Waals surface area contributed by atoms with Crippen molar-refractivity contribution in [1.29, 1.82) is 5.26 Å². The predicted octanol–water partition coefficient (Wildman–Crippen LogP) is 2.91. The third-order valence-electron chi connectivity index (χ3n) is 4.48. The van der Waals surface area contributed by atoms with Crippen LogP contribution in [0.25, 0.3) is 0 Å². The molecule has 0 aromatic carbocycles. The van der Waals surface area contributed by atoms with Crippen LogP contribution in [0, 0.1) is 24.2 Å². The highest BCUT2D eigenvalue weighted by Crippen LogP contribution is 2.20. The van der Waals surface area contributed by atoms with E-state index in [4.69, 9.17) is 5.26 Å². The fourth-order valence-electron chi connectivity index (χ4n) is 3.01. The fraction of sp³-hybridized carbons (Fsp3) is 0.316. The second kappa shape index (κ2) is 8.27. The number of amides is 2. The predicted molar refractivity (Wildman–Crippen MR) is 103 cm³/mol. The van der Waals surface area contributed by atoms with Crippen LogP contribution >= 0.6 is 15.9 Å². The molecule has 1 aliphatic rings. The van der Waals surface area contributed by atoms with Crippen molar-refractivity contribution in [2.75, 3.05) is 18.4 Å². The Morgan fingerprint density at radius 2 is 2.15 bits per heavy atom. The van der Waals surface area contributed by atoms with Gasteiger partial charge in [0.1, 0.15) is 17.6 Å². The summed E-state index contributed by atoms with van der Waals surface area (Å²) < 4.78 is 0.833. The molecule has 2 amide bonds. The smallest absolute Gasteiger partial charge is 0.272 e. The van der Waals surface area contributed by atoms with Gasteiger partial charge in [-0.05, 0) is 60.0 Å². The summed E-state index contributed by atoms with van der Waals surface area (Å²) in [5, 5.41) is 11.8. The van der Waals surface area contributed by atoms with Crippen molar-refractivity contribution in [2.24, 2.45) is 5.92 Å². The molecule has 3 heterocycles. The van der Waals surface area contributed by atoms with Crippen LogP contribution in [0.3, 0.4) is 0 Å². The van der Waals surface area contributed by atoms with Crippen LogP contribution in [0.1, 0.15) is 34.6 Å². The zero-order valence-electron chi connectivity index (χ0n) is 14.8. The van der Waals surface area contributed by atoms with Crippen LogP contribution in [-0.2, 0) is 4.79 Å². The number of hydrogen-bond donors (Lipinski definition) is 1. The minimum Gasteiger partial charge on any atom is -0.337 e. The molecule has 1 fully saturated rings. The van der Waals surface area contributed by atoms with E-state index in [-0.39, 0.29) is 17.7 Å². The highest BCUT2D eigenvalue weighted by atomic mass is 79.9. The summed E-state index contributed by atoms with van der Waals surface area (Å²) in [4.78, 5) is 35.3. The van der Waals surface area contributed by atoms with Crippen molar-refractivity contribution in [2.45, 2.75) is 19.8 Å². The first-order valence-corrected chi connectivity index (χ1v) is 9.36. The van der Waals surface area contributed by atoms with Gasteiger partial charge in [0.2, 0.25) is 5.91 Å². The van der Waals surface area contributed by atoms with Gasteiger partial charge < -0.3 is 10.2 Å². The number of carbonyl (C=O) groups excluding carboxylic acids is 2. The second-order valence-corrected chi connectivity index (χ2v) is 7.30. The van der Waals surface area contributed by atoms with Crippen molar-refractivity contribution < 1.29 is 9.59 Å². The summed E-state index contributed by atoms with van der Waals surface area (Å²) in [7, 11) is 0. The molecule has 1 saturated heterocycles. The van der Waals surface area contributed by atoms with Gasteiger partial charge in [-0.2, -0.15) is 5.26 Å². The third kappa shape index (κ3) is 4.49. The van der Waals surface area contributed by atoms with E-state index in [1.54, 1.807) is 42.3 Å². The lowest BCUT2D eigenvalue weighted by molar-refractivity contribution is -0.121. The average Bonchev–Trinajstić information content (AvgIpc) is 2.69. The van der Waals surface area contributed by atoms with Crippen LogP contribution in [0.2, 0.25) is 0 Å². The summed E-state index contributed by atoms with van der Waals surface area (Å²) in [6, 6.07) is 8.72. The SMILES string of the molecule is Cc1nc(C(=O)N2CCCC(C(=O)Nc3ccc(Br)cn3)C2)ccc1C#N. The Hall–Kier alpha value is -2.79. The number of halogens is 1. The van der Waals surface area contributed by atoms with Gasteiger partial charge >= 0.3 is 0 Å². The number of aromatic nitrogens is 2. The van der Waals surface area contributed by atoms with Crippen LogP contribution in [0.15, 0.2) is 34.9 Å². The quantitative estimate of drug-likeness (QED) is 0.811. The Bertz CT molecular complexity index is 907. The Balaban J connectivity index is 1.67. The molecular formula is C19H18BrN5O2. The van der Waals surface area contributed by atoms with E-state index in [0.717, 1.165) is 10.9 Å². The summed E-state index contributed by atoms with van der Waals surface area (Å²) in [6.45, 7) is 2.62. The molecule has 7 nitrogen and oxygen atoms in total. The molecule has 0 aliphatic carbocycles. The number of anilines is 1. The highest BCUT2D eigenvalue weighted by Gasteiger charge is 2.29. The van der Waals surface area contributed by atoms with Gasteiger partial charge in [0.05, 0.1) is 17.2 Å². The number of aryl methyl sites for hydroxylation is 1. The van der Waals surface area contributed by atoms with E-state index in [1.165, 1.54) is 0 Å². The number of nitriles is 1. The summed E-state index contributed by atoms with van der Waals surface area (Å²) in [6.07, 6.45) is 3.07. The first-order chi connectivity index (χ1) is 13.0. The number of hydrogen-bond acceptors (Lipinski definition) is 5. The van der Waals surface area contributed by atoms with E-state index < -0.39 is 0 Å². The van der Waals surface area contributed by atoms with Crippen molar-refractivity contribution >= 4 is 33.6 Å². The lowest BCUT2D eigenvalue weighted by Crippen LogP contribution is -2.44. The highest BCUT2D eigenvalue weighted by molar-refractivity contribution is 9.10. The average molecular weight is 428 g/mol. The first-order valence-electron chi connectivity index (χ1n) is 8.57. The minimum atomic E-state index is -0.298. The maximum atomic E-state index is 12.7. The molecule has 1 aliphatic heterocycles. The summed E-state index contributed by atoms with van der Waals surface area (Å²) in [5.74, 6) is -0.184. The topological polar surface area (TPSA) is 99.0 Å². The molecule has 1 unspecified atom stereocenters. The summed E-state index contributed by atoms with van der Waals surface area (Å²) >= 11 is 3.31. The van der Waals surface area contributed by atoms with Crippen molar-refractivity contribution in [3.8, 4) is 6.07 Å². The number of nitrogens with one attached hydrogen (secondary N) is 1. The van der Waals surface area contributed by atoms with E-state index >= 15 is 0 Å². The minimum absolute atomic E-state index is 0.147. The van der Waals surface area contributed by atoms with E-state index in [2.05, 4.69) is 31.2 Å². The number of pyridine rings is 2. The van der Waals surface area contributed by atoms with Crippen molar-refractivity contribution in [1.82, 2.24) is 14.9 Å². The molecule has 0 spiro atoms. The zero-order valence-corrected chi connectivity index (χ0v) is 16.4. The van der Waals surface area contributed by atoms with E-state index in [1.807, 2.05) is 6.07 Å². The molecule has 27 heavy (non-hydrogen) atoms. The van der Waals surface area contributed by atoms with Gasteiger partial charge in [0.25, 0.3) is 5.91 Å². The second-order valence-electron chi connectivity index (χ2n) is 6.38. The van der Waals surface area contributed by atoms with Gasteiger partial charge in [-0.15, -0.1) is 0 Å². The van der Waals surface area contributed by atoms with Crippen molar-refractivity contribution in [3.05, 3.63) is 51.9 Å². The number of likely N-dealkylation sites (tertiary alicyclic amines) is 1. The Morgan fingerprint density at radius 1 is 1.33 bits per heavy atom. The fourth-order valence-corrected chi connectivity index (χ4v) is 3.25. The van der Waals surface area contributed by atoms with E-state index in [0.29, 0.717) is 42.3 Å². The van der Waals surface area contributed by atoms with Gasteiger partial charge in [0, 0.05) is 23.8 Å². The molecule has 0 saturated carbocycles. The number of rotatable bonds is 3. The number of nitrogens with zero attached hydrogens (tertiary/aromatic N) is 4. The van der Waals surface area contributed by atoms with Crippen LogP contribution in [0.5, 0.6) is 0 Å². The van der Waals surface area contributed by atoms with Gasteiger partial charge in [-0.25, -0.2) is 9.97 Å². The zero-order chi connectivity index (χ0) is 19.4. The van der Waals surface area contributed by atoms with E-state index in [9.17, 15) is 9.59 Å².